The lowest BCUT2D eigenvalue weighted by molar-refractivity contribution is 0.0673. The van der Waals surface area contributed by atoms with Crippen molar-refractivity contribution >= 4 is 11.1 Å². The summed E-state index contributed by atoms with van der Waals surface area (Å²) in [5.74, 6) is -2.49. The van der Waals surface area contributed by atoms with E-state index in [9.17, 15) is 8.78 Å². The minimum absolute atomic E-state index is 0.0123. The minimum Gasteiger partial charge on any atom is -0.202 e. The van der Waals surface area contributed by atoms with Crippen LogP contribution >= 0.6 is 0 Å². The second-order valence-corrected chi connectivity index (χ2v) is 10.8. The van der Waals surface area contributed by atoms with Crippen molar-refractivity contribution in [1.29, 1.82) is 0 Å². The van der Waals surface area contributed by atoms with Gasteiger partial charge in [0.05, 0.1) is 0 Å². The maximum Gasteiger partial charge on any atom is 0.270 e. The summed E-state index contributed by atoms with van der Waals surface area (Å²) in [4.78, 5) is 0. The molecule has 1 rings (SSSR count). The molecule has 0 fully saturated rings. The molecule has 1 aromatic rings. The second kappa shape index (κ2) is 13.5. The number of hydrogen-bond acceptors (Lipinski definition) is 0. The van der Waals surface area contributed by atoms with Crippen LogP contribution in [0.1, 0.15) is 90.8 Å². The van der Waals surface area contributed by atoms with Gasteiger partial charge in [0, 0.05) is 12.5 Å². The number of hydrogen-bond donors (Lipinski definition) is 0. The highest BCUT2D eigenvalue weighted by Crippen LogP contribution is 2.41. The fourth-order valence-corrected chi connectivity index (χ4v) is 4.51. The Hall–Kier alpha value is -2.74. The zero-order valence-corrected chi connectivity index (χ0v) is 23.7. The van der Waals surface area contributed by atoms with E-state index in [-0.39, 0.29) is 16.9 Å². The number of rotatable bonds is 12. The highest BCUT2D eigenvalue weighted by atomic mass is 19.3. The Bertz CT molecular complexity index is 1050. The van der Waals surface area contributed by atoms with Crippen molar-refractivity contribution in [2.75, 3.05) is 0 Å². The summed E-state index contributed by atoms with van der Waals surface area (Å²) in [7, 11) is 0. The van der Waals surface area contributed by atoms with Gasteiger partial charge in [-0.2, -0.15) is 0 Å². The molecule has 0 saturated carbocycles. The molecule has 1 aromatic carbocycles. The standard InChI is InChI=1S/C34H46F2/c1-12-15-16-17-25(5)31-23-28(19-21-30(31)32(14-3)33(8,9)10)27(7)22-26(6)24(4)18-20-29(13-2)34(11,35)36/h12-13,15-21,23-24,32H,1,6-7,14,22H2,2-5,8-11H3/b16-15-,20-18-,25-17+,29-13+. The number of alkyl halides is 2. The van der Waals surface area contributed by atoms with E-state index < -0.39 is 5.92 Å². The molecule has 0 aliphatic carbocycles. The van der Waals surface area contributed by atoms with Gasteiger partial charge in [-0.15, -0.1) is 0 Å². The largest absolute Gasteiger partial charge is 0.270 e. The first-order valence-corrected chi connectivity index (χ1v) is 12.9. The van der Waals surface area contributed by atoms with Gasteiger partial charge in [0.15, 0.2) is 0 Å². The molecule has 2 unspecified atom stereocenters. The Labute approximate surface area is 219 Å². The van der Waals surface area contributed by atoms with Crippen molar-refractivity contribution in [3.8, 4) is 0 Å². The lowest BCUT2D eigenvalue weighted by atomic mass is 9.72. The molecule has 0 saturated heterocycles. The van der Waals surface area contributed by atoms with Crippen molar-refractivity contribution in [1.82, 2.24) is 0 Å². The van der Waals surface area contributed by atoms with Crippen molar-refractivity contribution in [3.05, 3.63) is 108 Å². The van der Waals surface area contributed by atoms with Gasteiger partial charge >= 0.3 is 0 Å². The molecule has 0 aromatic heterocycles. The molecule has 0 N–H and O–H groups in total. The van der Waals surface area contributed by atoms with Crippen molar-refractivity contribution in [2.45, 2.75) is 80.1 Å². The van der Waals surface area contributed by atoms with E-state index in [1.807, 2.05) is 19.1 Å². The molecule has 0 spiro atoms. The van der Waals surface area contributed by atoms with E-state index in [2.05, 4.69) is 78.6 Å². The van der Waals surface area contributed by atoms with Crippen LogP contribution in [0.2, 0.25) is 0 Å². The molecule has 2 atom stereocenters. The summed E-state index contributed by atoms with van der Waals surface area (Å²) < 4.78 is 27.4. The SMILES string of the molecule is C=C/C=C\C=C(/C)c1cc(C(=C)CC(=C)C(C)/C=C\C(=C/C)C(C)(F)F)ccc1C(CC)C(C)(C)C. The molecule has 0 radical (unpaired) electrons. The lowest BCUT2D eigenvalue weighted by Gasteiger charge is -2.32. The van der Waals surface area contributed by atoms with Gasteiger partial charge in [0.25, 0.3) is 5.92 Å². The Balaban J connectivity index is 3.31. The number of benzene rings is 1. The van der Waals surface area contributed by atoms with Crippen LogP contribution < -0.4 is 0 Å². The molecule has 2 heteroatoms. The molecule has 0 bridgehead atoms. The zero-order valence-electron chi connectivity index (χ0n) is 23.7. The lowest BCUT2D eigenvalue weighted by Crippen LogP contribution is -2.19. The average molecular weight is 493 g/mol. The molecule has 0 heterocycles. The van der Waals surface area contributed by atoms with E-state index in [1.165, 1.54) is 28.9 Å². The first kappa shape index (κ1) is 31.3. The van der Waals surface area contributed by atoms with Gasteiger partial charge in [-0.05, 0) is 77.8 Å². The number of allylic oxidation sites excluding steroid dienone is 11. The predicted octanol–water partition coefficient (Wildman–Crippen LogP) is 11.1. The van der Waals surface area contributed by atoms with E-state index >= 15 is 0 Å². The van der Waals surface area contributed by atoms with Crippen LogP contribution in [-0.4, -0.2) is 5.92 Å². The fourth-order valence-electron chi connectivity index (χ4n) is 4.51. The quantitative estimate of drug-likeness (QED) is 0.201. The summed E-state index contributed by atoms with van der Waals surface area (Å²) >= 11 is 0. The van der Waals surface area contributed by atoms with Crippen LogP contribution in [0.3, 0.4) is 0 Å². The van der Waals surface area contributed by atoms with Gasteiger partial charge in [0.1, 0.15) is 0 Å². The Morgan fingerprint density at radius 3 is 2.22 bits per heavy atom. The molecule has 0 amide bonds. The minimum atomic E-state index is -2.86. The Kier molecular flexibility index (Phi) is 11.8. The first-order chi connectivity index (χ1) is 16.7. The highest BCUT2D eigenvalue weighted by Gasteiger charge is 2.27. The summed E-state index contributed by atoms with van der Waals surface area (Å²) in [6, 6.07) is 6.65. The van der Waals surface area contributed by atoms with Crippen LogP contribution in [0.25, 0.3) is 11.1 Å². The smallest absolute Gasteiger partial charge is 0.202 e. The van der Waals surface area contributed by atoms with E-state index in [4.69, 9.17) is 0 Å². The summed E-state index contributed by atoms with van der Waals surface area (Å²) in [5.41, 5.74) is 6.90. The average Bonchev–Trinajstić information content (AvgIpc) is 2.78. The molecule has 196 valence electrons. The maximum absolute atomic E-state index is 13.7. The monoisotopic (exact) mass is 492 g/mol. The fraction of sp³-hybridized carbons (Fsp3) is 0.412. The van der Waals surface area contributed by atoms with Crippen molar-refractivity contribution < 1.29 is 8.78 Å². The van der Waals surface area contributed by atoms with E-state index in [0.717, 1.165) is 30.1 Å². The first-order valence-electron chi connectivity index (χ1n) is 12.9. The third-order valence-electron chi connectivity index (χ3n) is 6.78. The van der Waals surface area contributed by atoms with Crippen molar-refractivity contribution in [3.63, 3.8) is 0 Å². The van der Waals surface area contributed by atoms with Crippen LogP contribution in [-0.2, 0) is 0 Å². The van der Waals surface area contributed by atoms with Crippen LogP contribution in [0.4, 0.5) is 8.78 Å². The molecule has 0 nitrogen and oxygen atoms in total. The van der Waals surface area contributed by atoms with Crippen LogP contribution in [0.15, 0.2) is 91.6 Å². The third-order valence-corrected chi connectivity index (χ3v) is 6.78. The van der Waals surface area contributed by atoms with Gasteiger partial charge in [-0.1, -0.05) is 115 Å². The molecule has 36 heavy (non-hydrogen) atoms. The van der Waals surface area contributed by atoms with Crippen molar-refractivity contribution in [2.24, 2.45) is 11.3 Å². The summed E-state index contributed by atoms with van der Waals surface area (Å²) in [6.07, 6.45) is 14.3. The highest BCUT2D eigenvalue weighted by molar-refractivity contribution is 5.75. The van der Waals surface area contributed by atoms with Crippen LogP contribution in [0.5, 0.6) is 0 Å². The van der Waals surface area contributed by atoms with Gasteiger partial charge in [0.2, 0.25) is 0 Å². The third kappa shape index (κ3) is 9.04. The van der Waals surface area contributed by atoms with Gasteiger partial charge in [-0.3, -0.25) is 0 Å². The van der Waals surface area contributed by atoms with Crippen LogP contribution in [0, 0.1) is 11.3 Å². The number of halogens is 2. The predicted molar refractivity (Wildman–Crippen MR) is 157 cm³/mol. The zero-order chi connectivity index (χ0) is 27.7. The van der Waals surface area contributed by atoms with E-state index in [0.29, 0.717) is 12.3 Å². The van der Waals surface area contributed by atoms with Gasteiger partial charge in [-0.25, -0.2) is 8.78 Å². The topological polar surface area (TPSA) is 0 Å². The van der Waals surface area contributed by atoms with E-state index in [1.54, 1.807) is 19.1 Å². The molecular formula is C34H46F2. The normalized spacial score (nSPS) is 15.4. The molecular weight excluding hydrogens is 446 g/mol. The molecule has 0 aliphatic heterocycles. The molecule has 0 aliphatic rings. The Morgan fingerprint density at radius 2 is 1.72 bits per heavy atom. The summed E-state index contributed by atoms with van der Waals surface area (Å²) in [6.45, 7) is 28.1. The van der Waals surface area contributed by atoms with Gasteiger partial charge < -0.3 is 0 Å². The summed E-state index contributed by atoms with van der Waals surface area (Å²) in [5, 5.41) is 0. The second-order valence-electron chi connectivity index (χ2n) is 10.8. The maximum atomic E-state index is 13.7. The Morgan fingerprint density at radius 1 is 1.08 bits per heavy atom.